The average molecular weight is 247 g/mol. The summed E-state index contributed by atoms with van der Waals surface area (Å²) in [4.78, 5) is 38.7. The van der Waals surface area contributed by atoms with Gasteiger partial charge in [-0.1, -0.05) is 0 Å². The largest absolute Gasteiger partial charge is 0.467 e. The van der Waals surface area contributed by atoms with E-state index in [9.17, 15) is 14.4 Å². The number of nitrogens with zero attached hydrogens (tertiary/aromatic N) is 1. The standard InChI is InChI=1S/C9H13NO7/c1-14-6(11)4-17-10-5-9(10,7(12)15-2)8(13)16-3/h4-5H2,1-3H3. The van der Waals surface area contributed by atoms with Gasteiger partial charge in [0, 0.05) is 0 Å². The first-order chi connectivity index (χ1) is 8.02. The van der Waals surface area contributed by atoms with Crippen molar-refractivity contribution in [1.29, 1.82) is 0 Å². The quantitative estimate of drug-likeness (QED) is 0.251. The van der Waals surface area contributed by atoms with Gasteiger partial charge in [0.25, 0.3) is 5.54 Å². The van der Waals surface area contributed by atoms with Gasteiger partial charge in [0.1, 0.15) is 0 Å². The van der Waals surface area contributed by atoms with Gasteiger partial charge in [-0.15, -0.1) is 0 Å². The maximum absolute atomic E-state index is 11.5. The van der Waals surface area contributed by atoms with Crippen molar-refractivity contribution in [2.24, 2.45) is 0 Å². The summed E-state index contributed by atoms with van der Waals surface area (Å²) in [7, 11) is 3.48. The molecule has 0 aromatic rings. The average Bonchev–Trinajstić information content (AvgIpc) is 3.09. The minimum atomic E-state index is -1.60. The Balaban J connectivity index is 2.63. The summed E-state index contributed by atoms with van der Waals surface area (Å²) < 4.78 is 13.3. The summed E-state index contributed by atoms with van der Waals surface area (Å²) in [6, 6.07) is 0. The van der Waals surface area contributed by atoms with E-state index < -0.39 is 30.1 Å². The van der Waals surface area contributed by atoms with Crippen LogP contribution in [0.1, 0.15) is 0 Å². The monoisotopic (exact) mass is 247 g/mol. The van der Waals surface area contributed by atoms with Crippen molar-refractivity contribution in [2.75, 3.05) is 34.5 Å². The molecule has 1 saturated heterocycles. The lowest BCUT2D eigenvalue weighted by atomic mass is 10.1. The molecule has 1 atom stereocenters. The van der Waals surface area contributed by atoms with Crippen molar-refractivity contribution in [3.05, 3.63) is 0 Å². The van der Waals surface area contributed by atoms with Crippen LogP contribution < -0.4 is 0 Å². The molecule has 0 amide bonds. The number of ether oxygens (including phenoxy) is 3. The van der Waals surface area contributed by atoms with Crippen molar-refractivity contribution in [3.63, 3.8) is 0 Å². The highest BCUT2D eigenvalue weighted by atomic mass is 16.7. The zero-order chi connectivity index (χ0) is 13.1. The van der Waals surface area contributed by atoms with Crippen LogP contribution in [0.25, 0.3) is 0 Å². The van der Waals surface area contributed by atoms with Gasteiger partial charge in [0.15, 0.2) is 6.61 Å². The van der Waals surface area contributed by atoms with Crippen molar-refractivity contribution < 1.29 is 33.4 Å². The second-order valence-corrected chi connectivity index (χ2v) is 3.23. The second kappa shape index (κ2) is 5.11. The van der Waals surface area contributed by atoms with Crippen LogP contribution in [0.3, 0.4) is 0 Å². The van der Waals surface area contributed by atoms with E-state index in [4.69, 9.17) is 4.84 Å². The third-order valence-corrected chi connectivity index (χ3v) is 2.31. The minimum absolute atomic E-state index is 0.0245. The Kier molecular flexibility index (Phi) is 4.02. The topological polar surface area (TPSA) is 91.1 Å². The van der Waals surface area contributed by atoms with Crippen LogP contribution in [0, 0.1) is 0 Å². The summed E-state index contributed by atoms with van der Waals surface area (Å²) in [6.45, 7) is -0.421. The fourth-order valence-corrected chi connectivity index (χ4v) is 1.27. The number of carbonyl (C=O) groups excluding carboxylic acids is 3. The van der Waals surface area contributed by atoms with E-state index in [1.54, 1.807) is 0 Å². The summed E-state index contributed by atoms with van der Waals surface area (Å²) >= 11 is 0. The molecule has 1 unspecified atom stereocenters. The van der Waals surface area contributed by atoms with E-state index in [0.29, 0.717) is 0 Å². The molecule has 1 aliphatic rings. The molecule has 17 heavy (non-hydrogen) atoms. The fourth-order valence-electron chi connectivity index (χ4n) is 1.27. The molecule has 1 rings (SSSR count). The molecular formula is C9H13NO7. The van der Waals surface area contributed by atoms with Gasteiger partial charge >= 0.3 is 17.9 Å². The predicted molar refractivity (Wildman–Crippen MR) is 51.4 cm³/mol. The molecule has 0 bridgehead atoms. The van der Waals surface area contributed by atoms with Gasteiger partial charge in [-0.25, -0.2) is 14.4 Å². The molecular weight excluding hydrogens is 234 g/mol. The van der Waals surface area contributed by atoms with E-state index in [1.807, 2.05) is 0 Å². The minimum Gasteiger partial charge on any atom is -0.467 e. The van der Waals surface area contributed by atoms with Gasteiger partial charge in [-0.3, -0.25) is 4.84 Å². The number of hydrogen-bond donors (Lipinski definition) is 0. The zero-order valence-corrected chi connectivity index (χ0v) is 9.72. The van der Waals surface area contributed by atoms with Crippen LogP contribution in [-0.2, 0) is 33.4 Å². The zero-order valence-electron chi connectivity index (χ0n) is 9.72. The van der Waals surface area contributed by atoms with Gasteiger partial charge in [0.2, 0.25) is 0 Å². The van der Waals surface area contributed by atoms with Gasteiger partial charge in [-0.2, -0.15) is 5.06 Å². The number of esters is 3. The lowest BCUT2D eigenvalue weighted by Crippen LogP contribution is -2.40. The highest BCUT2D eigenvalue weighted by Crippen LogP contribution is 2.35. The normalized spacial score (nSPS) is 20.3. The van der Waals surface area contributed by atoms with Crippen LogP contribution in [0.4, 0.5) is 0 Å². The smallest absolute Gasteiger partial charge is 0.341 e. The maximum atomic E-state index is 11.5. The summed E-state index contributed by atoms with van der Waals surface area (Å²) in [5.74, 6) is -2.22. The van der Waals surface area contributed by atoms with Gasteiger partial charge in [0.05, 0.1) is 27.9 Å². The first-order valence-corrected chi connectivity index (χ1v) is 4.67. The summed E-state index contributed by atoms with van der Waals surface area (Å²) in [5, 5.41) is 1.02. The molecule has 96 valence electrons. The lowest BCUT2D eigenvalue weighted by molar-refractivity contribution is -0.178. The lowest BCUT2D eigenvalue weighted by Gasteiger charge is -2.12. The predicted octanol–water partition coefficient (Wildman–Crippen LogP) is -1.51. The Bertz CT molecular complexity index is 324. The Morgan fingerprint density at radius 1 is 1.06 bits per heavy atom. The number of methoxy groups -OCH3 is 3. The Labute approximate surface area is 97.3 Å². The number of rotatable bonds is 5. The highest BCUT2D eigenvalue weighted by Gasteiger charge is 2.68. The SMILES string of the molecule is COC(=O)CON1CC1(C(=O)OC)C(=O)OC. The fraction of sp³-hybridized carbons (Fsp3) is 0.667. The van der Waals surface area contributed by atoms with E-state index in [0.717, 1.165) is 19.3 Å². The van der Waals surface area contributed by atoms with Crippen molar-refractivity contribution in [1.82, 2.24) is 5.06 Å². The van der Waals surface area contributed by atoms with Gasteiger partial charge in [-0.05, 0) is 0 Å². The van der Waals surface area contributed by atoms with E-state index in [2.05, 4.69) is 14.2 Å². The molecule has 0 aliphatic carbocycles. The molecule has 1 aliphatic heterocycles. The first kappa shape index (κ1) is 13.4. The molecule has 0 radical (unpaired) electrons. The first-order valence-electron chi connectivity index (χ1n) is 4.67. The summed E-state index contributed by atoms with van der Waals surface area (Å²) in [5.41, 5.74) is -1.60. The van der Waals surface area contributed by atoms with E-state index in [-0.39, 0.29) is 6.54 Å². The number of hydrogen-bond acceptors (Lipinski definition) is 8. The maximum Gasteiger partial charge on any atom is 0.341 e. The molecule has 0 saturated carbocycles. The summed E-state index contributed by atoms with van der Waals surface area (Å²) in [6.07, 6.45) is 0. The molecule has 0 aromatic heterocycles. The van der Waals surface area contributed by atoms with Crippen LogP contribution in [0.2, 0.25) is 0 Å². The number of hydroxylamine groups is 2. The Hall–Kier alpha value is -1.67. The van der Waals surface area contributed by atoms with Crippen LogP contribution in [0.5, 0.6) is 0 Å². The van der Waals surface area contributed by atoms with Crippen LogP contribution >= 0.6 is 0 Å². The molecule has 1 fully saturated rings. The molecule has 1 heterocycles. The van der Waals surface area contributed by atoms with Crippen LogP contribution in [-0.4, -0.2) is 63.0 Å². The third-order valence-electron chi connectivity index (χ3n) is 2.31. The van der Waals surface area contributed by atoms with Crippen LogP contribution in [0.15, 0.2) is 0 Å². The van der Waals surface area contributed by atoms with E-state index in [1.165, 1.54) is 7.11 Å². The van der Waals surface area contributed by atoms with Crippen molar-refractivity contribution in [2.45, 2.75) is 5.54 Å². The van der Waals surface area contributed by atoms with E-state index >= 15 is 0 Å². The molecule has 8 nitrogen and oxygen atoms in total. The molecule has 0 aromatic carbocycles. The molecule has 8 heteroatoms. The number of carbonyl (C=O) groups is 3. The molecule has 0 N–H and O–H groups in total. The Morgan fingerprint density at radius 3 is 2.00 bits per heavy atom. The Morgan fingerprint density at radius 2 is 1.59 bits per heavy atom. The second-order valence-electron chi connectivity index (χ2n) is 3.23. The van der Waals surface area contributed by atoms with Crippen molar-refractivity contribution in [3.8, 4) is 0 Å². The third kappa shape index (κ3) is 2.37. The molecule has 0 spiro atoms. The van der Waals surface area contributed by atoms with Gasteiger partial charge < -0.3 is 14.2 Å². The van der Waals surface area contributed by atoms with Crippen molar-refractivity contribution >= 4 is 17.9 Å². The highest BCUT2D eigenvalue weighted by molar-refractivity contribution is 6.08.